The van der Waals surface area contributed by atoms with Gasteiger partial charge in [0.1, 0.15) is 9.35 Å². The number of nitriles is 1. The van der Waals surface area contributed by atoms with Crippen molar-refractivity contribution in [1.29, 1.82) is 5.26 Å². The molecule has 0 amide bonds. The zero-order chi connectivity index (χ0) is 13.2. The lowest BCUT2D eigenvalue weighted by Gasteiger charge is -2.24. The number of aromatic nitrogens is 2. The molecule has 0 radical (unpaired) electrons. The van der Waals surface area contributed by atoms with Crippen molar-refractivity contribution in [2.75, 3.05) is 0 Å². The maximum Gasteiger partial charge on any atom is 0.137 e. The van der Waals surface area contributed by atoms with Crippen LogP contribution in [0.4, 0.5) is 0 Å². The number of imidazole rings is 1. The number of allylic oxidation sites excluding steroid dienone is 1. The van der Waals surface area contributed by atoms with Crippen LogP contribution >= 0.6 is 22.6 Å². The van der Waals surface area contributed by atoms with Gasteiger partial charge in [-0.2, -0.15) is 5.26 Å². The molecule has 0 saturated carbocycles. The number of hydrogen-bond acceptors (Lipinski definition) is 2. The number of hydrogen-bond donors (Lipinski definition) is 0. The summed E-state index contributed by atoms with van der Waals surface area (Å²) in [5, 5.41) is 9.51. The first kappa shape index (κ1) is 13.1. The Morgan fingerprint density at radius 1 is 1.67 bits per heavy atom. The van der Waals surface area contributed by atoms with Crippen molar-refractivity contribution in [2.45, 2.75) is 25.2 Å². The molecule has 92 valence electrons. The molecule has 1 unspecified atom stereocenters. The highest BCUT2D eigenvalue weighted by molar-refractivity contribution is 14.1. The van der Waals surface area contributed by atoms with Crippen LogP contribution in [0.2, 0.25) is 0 Å². The molecule has 4 heteroatoms. The monoisotopic (exact) mass is 351 g/mol. The lowest BCUT2D eigenvalue weighted by atomic mass is 9.77. The third kappa shape index (κ3) is 2.03. The summed E-state index contributed by atoms with van der Waals surface area (Å²) < 4.78 is 3.08. The van der Waals surface area contributed by atoms with Gasteiger partial charge in [-0.3, -0.25) is 4.40 Å². The van der Waals surface area contributed by atoms with E-state index in [0.717, 1.165) is 21.3 Å². The van der Waals surface area contributed by atoms with Gasteiger partial charge in [0, 0.05) is 6.20 Å². The summed E-state index contributed by atoms with van der Waals surface area (Å²) in [4.78, 5) is 4.34. The van der Waals surface area contributed by atoms with Crippen molar-refractivity contribution >= 4 is 28.2 Å². The first-order valence-electron chi connectivity index (χ1n) is 5.82. The lowest BCUT2D eigenvalue weighted by molar-refractivity contribution is 0.536. The summed E-state index contributed by atoms with van der Waals surface area (Å²) in [6.45, 7) is 5.79. The van der Waals surface area contributed by atoms with Gasteiger partial charge in [0.05, 0.1) is 17.7 Å². The molecular formula is C14H14IN3. The minimum atomic E-state index is -0.485. The van der Waals surface area contributed by atoms with Crippen molar-refractivity contribution in [1.82, 2.24) is 9.38 Å². The van der Waals surface area contributed by atoms with E-state index in [-0.39, 0.29) is 0 Å². The molecule has 2 rings (SSSR count). The molecule has 3 nitrogen and oxygen atoms in total. The molecule has 0 aromatic carbocycles. The molecule has 1 atom stereocenters. The Balaban J connectivity index is 2.58. The molecule has 2 aromatic heterocycles. The number of pyridine rings is 1. The minimum Gasteiger partial charge on any atom is -0.295 e. The van der Waals surface area contributed by atoms with Crippen LogP contribution in [-0.4, -0.2) is 9.38 Å². The van der Waals surface area contributed by atoms with Crippen LogP contribution < -0.4 is 0 Å². The summed E-state index contributed by atoms with van der Waals surface area (Å²) in [6, 6.07) is 6.45. The topological polar surface area (TPSA) is 41.1 Å². The fraction of sp³-hybridized carbons (Fsp3) is 0.286. The van der Waals surface area contributed by atoms with Gasteiger partial charge in [-0.15, -0.1) is 6.58 Å². The average Bonchev–Trinajstić information content (AvgIpc) is 2.77. The van der Waals surface area contributed by atoms with Crippen molar-refractivity contribution < 1.29 is 0 Å². The molecule has 2 heterocycles. The summed E-state index contributed by atoms with van der Waals surface area (Å²) in [6.07, 6.45) is 7.04. The normalized spacial score (nSPS) is 14.1. The van der Waals surface area contributed by atoms with E-state index in [4.69, 9.17) is 0 Å². The predicted octanol–water partition coefficient (Wildman–Crippen LogP) is 3.69. The van der Waals surface area contributed by atoms with E-state index < -0.39 is 5.41 Å². The van der Waals surface area contributed by atoms with Crippen LogP contribution in [0.1, 0.15) is 25.3 Å². The van der Waals surface area contributed by atoms with E-state index in [2.05, 4.69) is 40.2 Å². The highest BCUT2D eigenvalue weighted by Gasteiger charge is 2.29. The molecule has 0 aliphatic carbocycles. The minimum absolute atomic E-state index is 0.485. The summed E-state index contributed by atoms with van der Waals surface area (Å²) in [5.74, 6) is 0. The van der Waals surface area contributed by atoms with Crippen LogP contribution in [0.15, 0.2) is 37.2 Å². The van der Waals surface area contributed by atoms with Crippen LogP contribution in [0.5, 0.6) is 0 Å². The maximum atomic E-state index is 9.51. The standard InChI is InChI=1S/C14H14IN3/c1-3-6-14(4-2,10-16)11-5-7-18-12(15)9-17-13(18)8-11/h3,5,7-9H,1,4,6H2,2H3. The Kier molecular flexibility index (Phi) is 3.71. The smallest absolute Gasteiger partial charge is 0.137 e. The molecule has 0 aliphatic heterocycles. The zero-order valence-corrected chi connectivity index (χ0v) is 12.4. The second kappa shape index (κ2) is 5.11. The van der Waals surface area contributed by atoms with Gasteiger partial charge in [-0.25, -0.2) is 4.98 Å². The van der Waals surface area contributed by atoms with Crippen molar-refractivity contribution in [3.05, 3.63) is 46.4 Å². The van der Waals surface area contributed by atoms with E-state index in [0.29, 0.717) is 6.42 Å². The van der Waals surface area contributed by atoms with Gasteiger partial charge < -0.3 is 0 Å². The zero-order valence-electron chi connectivity index (χ0n) is 10.2. The van der Waals surface area contributed by atoms with Crippen LogP contribution in [-0.2, 0) is 5.41 Å². The lowest BCUT2D eigenvalue weighted by Crippen LogP contribution is -2.22. The number of fused-ring (bicyclic) bond motifs is 1. The molecule has 18 heavy (non-hydrogen) atoms. The third-order valence-corrected chi connectivity index (χ3v) is 4.13. The molecule has 2 aromatic rings. The van der Waals surface area contributed by atoms with Gasteiger partial charge in [0.15, 0.2) is 0 Å². The number of nitrogens with zero attached hydrogens (tertiary/aromatic N) is 3. The fourth-order valence-corrected chi connectivity index (χ4v) is 2.70. The van der Waals surface area contributed by atoms with Gasteiger partial charge in [0.2, 0.25) is 0 Å². The Morgan fingerprint density at radius 3 is 3.06 bits per heavy atom. The number of halogens is 1. The van der Waals surface area contributed by atoms with Crippen molar-refractivity contribution in [2.24, 2.45) is 0 Å². The average molecular weight is 351 g/mol. The molecule has 0 N–H and O–H groups in total. The van der Waals surface area contributed by atoms with Gasteiger partial charge in [0.25, 0.3) is 0 Å². The molecule has 0 bridgehead atoms. The summed E-state index contributed by atoms with van der Waals surface area (Å²) >= 11 is 2.24. The van der Waals surface area contributed by atoms with Crippen LogP contribution in [0, 0.1) is 15.0 Å². The highest BCUT2D eigenvalue weighted by Crippen LogP contribution is 2.32. The van der Waals surface area contributed by atoms with Gasteiger partial charge in [-0.05, 0) is 53.1 Å². The Bertz CT molecular complexity index is 623. The van der Waals surface area contributed by atoms with E-state index in [9.17, 15) is 5.26 Å². The Hall–Kier alpha value is -1.35. The second-order valence-corrected chi connectivity index (χ2v) is 5.37. The molecule has 0 fully saturated rings. The first-order chi connectivity index (χ1) is 8.66. The SMILES string of the molecule is C=CCC(C#N)(CC)c1ccn2c(I)cnc2c1. The van der Waals surface area contributed by atoms with Crippen LogP contribution in [0.3, 0.4) is 0 Å². The molecule has 0 spiro atoms. The van der Waals surface area contributed by atoms with Crippen LogP contribution in [0.25, 0.3) is 5.65 Å². The highest BCUT2D eigenvalue weighted by atomic mass is 127. The van der Waals surface area contributed by atoms with E-state index >= 15 is 0 Å². The summed E-state index contributed by atoms with van der Waals surface area (Å²) in [7, 11) is 0. The van der Waals surface area contributed by atoms with E-state index in [1.807, 2.05) is 41.9 Å². The second-order valence-electron chi connectivity index (χ2n) is 4.26. The predicted molar refractivity (Wildman–Crippen MR) is 80.3 cm³/mol. The van der Waals surface area contributed by atoms with Gasteiger partial charge >= 0.3 is 0 Å². The third-order valence-electron chi connectivity index (χ3n) is 3.33. The molecule has 0 saturated heterocycles. The van der Waals surface area contributed by atoms with Crippen molar-refractivity contribution in [3.63, 3.8) is 0 Å². The fourth-order valence-electron chi connectivity index (χ4n) is 2.15. The quantitative estimate of drug-likeness (QED) is 0.623. The first-order valence-corrected chi connectivity index (χ1v) is 6.90. The molecule has 0 aliphatic rings. The largest absolute Gasteiger partial charge is 0.295 e. The molecular weight excluding hydrogens is 337 g/mol. The number of rotatable bonds is 4. The maximum absolute atomic E-state index is 9.51. The summed E-state index contributed by atoms with van der Waals surface area (Å²) in [5.41, 5.74) is 1.41. The Morgan fingerprint density at radius 2 is 2.44 bits per heavy atom. The van der Waals surface area contributed by atoms with E-state index in [1.165, 1.54) is 0 Å². The van der Waals surface area contributed by atoms with Gasteiger partial charge in [-0.1, -0.05) is 13.0 Å². The van der Waals surface area contributed by atoms with E-state index in [1.54, 1.807) is 0 Å². The Labute approximate surface area is 120 Å². The van der Waals surface area contributed by atoms with Crippen molar-refractivity contribution in [3.8, 4) is 6.07 Å².